The van der Waals surface area contributed by atoms with Gasteiger partial charge in [0.2, 0.25) is 0 Å². The van der Waals surface area contributed by atoms with E-state index in [-0.39, 0.29) is 11.8 Å². The third kappa shape index (κ3) is 10.7. The molecule has 0 radical (unpaired) electrons. The van der Waals surface area contributed by atoms with E-state index in [0.29, 0.717) is 37.4 Å². The Morgan fingerprint density at radius 2 is 1.06 bits per heavy atom. The van der Waals surface area contributed by atoms with Crippen LogP contribution in [0.1, 0.15) is 85.9 Å². The van der Waals surface area contributed by atoms with Crippen molar-refractivity contribution < 1.29 is 19.1 Å². The van der Waals surface area contributed by atoms with Crippen molar-refractivity contribution in [3.8, 4) is 11.5 Å². The minimum Gasteiger partial charge on any atom is -0.494 e. The molecule has 0 aliphatic heterocycles. The summed E-state index contributed by atoms with van der Waals surface area (Å²) in [5.74, 6) is 1.36. The Bertz CT molecular complexity index is 797. The molecule has 34 heavy (non-hydrogen) atoms. The second-order valence-corrected chi connectivity index (χ2v) is 8.39. The fourth-order valence-electron chi connectivity index (χ4n) is 3.46. The molecule has 0 aromatic heterocycles. The van der Waals surface area contributed by atoms with Gasteiger partial charge in [0, 0.05) is 24.2 Å². The molecule has 6 nitrogen and oxygen atoms in total. The maximum Gasteiger partial charge on any atom is 0.251 e. The molecule has 0 bridgehead atoms. The van der Waals surface area contributed by atoms with E-state index in [9.17, 15) is 9.59 Å². The number of hydrogen-bond acceptors (Lipinski definition) is 4. The summed E-state index contributed by atoms with van der Waals surface area (Å²) in [6.45, 7) is 6.77. The Kier molecular flexibility index (Phi) is 13.3. The summed E-state index contributed by atoms with van der Waals surface area (Å²) in [6.07, 6.45) is 8.22. The number of amides is 2. The summed E-state index contributed by atoms with van der Waals surface area (Å²) in [6, 6.07) is 14.6. The molecule has 186 valence electrons. The molecule has 0 aliphatic carbocycles. The van der Waals surface area contributed by atoms with Gasteiger partial charge in [0.25, 0.3) is 11.8 Å². The average Bonchev–Trinajstić information content (AvgIpc) is 2.87. The first-order valence-corrected chi connectivity index (χ1v) is 12.7. The van der Waals surface area contributed by atoms with Crippen LogP contribution in [0.4, 0.5) is 0 Å². The number of benzene rings is 2. The predicted molar refractivity (Wildman–Crippen MR) is 137 cm³/mol. The van der Waals surface area contributed by atoms with Crippen LogP contribution in [0.3, 0.4) is 0 Å². The summed E-state index contributed by atoms with van der Waals surface area (Å²) >= 11 is 0. The molecule has 2 amide bonds. The van der Waals surface area contributed by atoms with Crippen molar-refractivity contribution >= 4 is 11.8 Å². The molecule has 0 unspecified atom stereocenters. The standard InChI is InChI=1S/C28H40N2O4/c1-3-19-33-25-15-11-13-23(21-25)27(31)29-17-9-7-5-6-8-10-18-30-28(32)24-14-12-16-26(22-24)34-20-4-2/h11-16,21-22H,3-10,17-20H2,1-2H3,(H,29,31)(H,30,32). The van der Waals surface area contributed by atoms with Gasteiger partial charge in [-0.25, -0.2) is 0 Å². The van der Waals surface area contributed by atoms with Gasteiger partial charge in [-0.2, -0.15) is 0 Å². The normalized spacial score (nSPS) is 10.5. The topological polar surface area (TPSA) is 76.7 Å². The smallest absolute Gasteiger partial charge is 0.251 e. The number of rotatable bonds is 17. The molecule has 0 saturated heterocycles. The van der Waals surface area contributed by atoms with Gasteiger partial charge in [0.15, 0.2) is 0 Å². The lowest BCUT2D eigenvalue weighted by Crippen LogP contribution is -2.24. The Morgan fingerprint density at radius 1 is 0.647 bits per heavy atom. The van der Waals surface area contributed by atoms with Crippen LogP contribution >= 0.6 is 0 Å². The Hall–Kier alpha value is -3.02. The van der Waals surface area contributed by atoms with Crippen LogP contribution in [0, 0.1) is 0 Å². The van der Waals surface area contributed by atoms with Crippen molar-refractivity contribution in [3.05, 3.63) is 59.7 Å². The molecule has 2 N–H and O–H groups in total. The second kappa shape index (κ2) is 16.6. The van der Waals surface area contributed by atoms with Gasteiger partial charge >= 0.3 is 0 Å². The Balaban J connectivity index is 1.50. The highest BCUT2D eigenvalue weighted by Gasteiger charge is 2.07. The molecular formula is C28H40N2O4. The van der Waals surface area contributed by atoms with Crippen LogP contribution in [0.2, 0.25) is 0 Å². The van der Waals surface area contributed by atoms with Crippen LogP contribution in [0.15, 0.2) is 48.5 Å². The fourth-order valence-corrected chi connectivity index (χ4v) is 3.46. The minimum absolute atomic E-state index is 0.0554. The monoisotopic (exact) mass is 468 g/mol. The first kappa shape index (κ1) is 27.2. The molecule has 0 aliphatic rings. The predicted octanol–water partition coefficient (Wildman–Crippen LogP) is 5.76. The molecule has 2 rings (SSSR count). The quantitative estimate of drug-likeness (QED) is 0.289. The molecule has 0 atom stereocenters. The largest absolute Gasteiger partial charge is 0.494 e. The molecule has 0 saturated carbocycles. The van der Waals surface area contributed by atoms with Gasteiger partial charge in [-0.1, -0.05) is 51.7 Å². The molecule has 0 spiro atoms. The Morgan fingerprint density at radius 3 is 1.47 bits per heavy atom. The van der Waals surface area contributed by atoms with Crippen LogP contribution in [0.5, 0.6) is 11.5 Å². The van der Waals surface area contributed by atoms with E-state index in [2.05, 4.69) is 24.5 Å². The SMILES string of the molecule is CCCOc1cccc(C(=O)NCCCCCCCCNC(=O)c2cccc(OCCC)c2)c1. The van der Waals surface area contributed by atoms with Gasteiger partial charge in [-0.15, -0.1) is 0 Å². The molecule has 2 aromatic carbocycles. The van der Waals surface area contributed by atoms with Crippen molar-refractivity contribution in [2.75, 3.05) is 26.3 Å². The first-order chi connectivity index (χ1) is 16.6. The Labute approximate surface area is 204 Å². The maximum absolute atomic E-state index is 12.3. The number of hydrogen-bond donors (Lipinski definition) is 2. The molecule has 0 heterocycles. The number of unbranched alkanes of at least 4 members (excludes halogenated alkanes) is 5. The highest BCUT2D eigenvalue weighted by molar-refractivity contribution is 5.95. The first-order valence-electron chi connectivity index (χ1n) is 12.7. The van der Waals surface area contributed by atoms with E-state index >= 15 is 0 Å². The van der Waals surface area contributed by atoms with E-state index in [1.807, 2.05) is 36.4 Å². The van der Waals surface area contributed by atoms with E-state index in [4.69, 9.17) is 9.47 Å². The van der Waals surface area contributed by atoms with Crippen molar-refractivity contribution in [2.45, 2.75) is 65.2 Å². The third-order valence-electron chi connectivity index (χ3n) is 5.31. The summed E-state index contributed by atoms with van der Waals surface area (Å²) in [4.78, 5) is 24.6. The zero-order valence-electron chi connectivity index (χ0n) is 20.7. The molecule has 6 heteroatoms. The van der Waals surface area contributed by atoms with Crippen LogP contribution in [-0.2, 0) is 0 Å². The van der Waals surface area contributed by atoms with E-state index in [1.54, 1.807) is 12.1 Å². The summed E-state index contributed by atoms with van der Waals surface area (Å²) in [5, 5.41) is 5.97. The third-order valence-corrected chi connectivity index (χ3v) is 5.31. The molecular weight excluding hydrogens is 428 g/mol. The highest BCUT2D eigenvalue weighted by Crippen LogP contribution is 2.15. The van der Waals surface area contributed by atoms with Gasteiger partial charge in [0.1, 0.15) is 11.5 Å². The minimum atomic E-state index is -0.0554. The van der Waals surface area contributed by atoms with E-state index in [0.717, 1.165) is 62.9 Å². The lowest BCUT2D eigenvalue weighted by atomic mass is 10.1. The van der Waals surface area contributed by atoms with Crippen molar-refractivity contribution in [3.63, 3.8) is 0 Å². The zero-order valence-corrected chi connectivity index (χ0v) is 20.7. The average molecular weight is 469 g/mol. The van der Waals surface area contributed by atoms with Crippen LogP contribution in [0.25, 0.3) is 0 Å². The number of ether oxygens (including phenoxy) is 2. The highest BCUT2D eigenvalue weighted by atomic mass is 16.5. The van der Waals surface area contributed by atoms with Gasteiger partial charge in [-0.05, 0) is 62.1 Å². The molecule has 0 fully saturated rings. The number of carbonyl (C=O) groups excluding carboxylic acids is 2. The maximum atomic E-state index is 12.3. The lowest BCUT2D eigenvalue weighted by Gasteiger charge is -2.09. The summed E-state index contributed by atoms with van der Waals surface area (Å²) in [7, 11) is 0. The van der Waals surface area contributed by atoms with Crippen LogP contribution < -0.4 is 20.1 Å². The van der Waals surface area contributed by atoms with Gasteiger partial charge in [-0.3, -0.25) is 9.59 Å². The van der Waals surface area contributed by atoms with Crippen molar-refractivity contribution in [1.29, 1.82) is 0 Å². The van der Waals surface area contributed by atoms with Crippen molar-refractivity contribution in [1.82, 2.24) is 10.6 Å². The van der Waals surface area contributed by atoms with Crippen molar-refractivity contribution in [2.24, 2.45) is 0 Å². The summed E-state index contributed by atoms with van der Waals surface area (Å²) < 4.78 is 11.2. The second-order valence-electron chi connectivity index (χ2n) is 8.39. The van der Waals surface area contributed by atoms with E-state index in [1.165, 1.54) is 0 Å². The number of carbonyl (C=O) groups is 2. The zero-order chi connectivity index (χ0) is 24.4. The van der Waals surface area contributed by atoms with E-state index < -0.39 is 0 Å². The summed E-state index contributed by atoms with van der Waals surface area (Å²) in [5.41, 5.74) is 1.27. The number of nitrogens with one attached hydrogen (secondary N) is 2. The van der Waals surface area contributed by atoms with Gasteiger partial charge < -0.3 is 20.1 Å². The molecule has 2 aromatic rings. The lowest BCUT2D eigenvalue weighted by molar-refractivity contribution is 0.0944. The van der Waals surface area contributed by atoms with Gasteiger partial charge in [0.05, 0.1) is 13.2 Å². The fraction of sp³-hybridized carbons (Fsp3) is 0.500. The van der Waals surface area contributed by atoms with Crippen LogP contribution in [-0.4, -0.2) is 38.1 Å².